The normalized spacial score (nSPS) is 28.7. The Morgan fingerprint density at radius 2 is 2.28 bits per heavy atom. The van der Waals surface area contributed by atoms with Gasteiger partial charge in [-0.2, -0.15) is 11.8 Å². The molecule has 1 rings (SSSR count). The molecule has 0 aromatic heterocycles. The van der Waals surface area contributed by atoms with Crippen LogP contribution < -0.4 is 10.6 Å². The molecule has 104 valence electrons. The standard InChI is InChI=1S/C11H20N2O4S/c1-7(18-3)4-12-10(16)13-8-5-17-6-11(8,2)9(14)15/h7-8H,4-6H2,1-3H3,(H,14,15)(H2,12,13,16). The third-order valence-electron chi connectivity index (χ3n) is 3.20. The third-order valence-corrected chi connectivity index (χ3v) is 4.17. The Labute approximate surface area is 111 Å². The van der Waals surface area contributed by atoms with Crippen molar-refractivity contribution >= 4 is 23.8 Å². The topological polar surface area (TPSA) is 87.7 Å². The number of hydrogen-bond donors (Lipinski definition) is 3. The second-order valence-corrected chi connectivity index (χ2v) is 5.97. The van der Waals surface area contributed by atoms with E-state index < -0.39 is 17.4 Å². The number of aliphatic carboxylic acids is 1. The molecule has 1 saturated heterocycles. The molecule has 1 fully saturated rings. The number of carboxylic acid groups (broad SMARTS) is 1. The molecule has 0 radical (unpaired) electrons. The average molecular weight is 276 g/mol. The summed E-state index contributed by atoms with van der Waals surface area (Å²) in [7, 11) is 0. The predicted octanol–water partition coefficient (Wildman–Crippen LogP) is 0.527. The quantitative estimate of drug-likeness (QED) is 0.681. The molecule has 1 aliphatic rings. The van der Waals surface area contributed by atoms with Crippen LogP contribution in [-0.2, 0) is 9.53 Å². The Morgan fingerprint density at radius 3 is 2.83 bits per heavy atom. The molecule has 0 spiro atoms. The van der Waals surface area contributed by atoms with Gasteiger partial charge in [0.05, 0.1) is 19.3 Å². The summed E-state index contributed by atoms with van der Waals surface area (Å²) in [5.74, 6) is -0.956. The van der Waals surface area contributed by atoms with Crippen LogP contribution in [0.5, 0.6) is 0 Å². The monoisotopic (exact) mass is 276 g/mol. The van der Waals surface area contributed by atoms with Gasteiger partial charge >= 0.3 is 12.0 Å². The van der Waals surface area contributed by atoms with Gasteiger partial charge in [-0.1, -0.05) is 6.92 Å². The minimum atomic E-state index is -1.05. The highest BCUT2D eigenvalue weighted by molar-refractivity contribution is 7.99. The highest BCUT2D eigenvalue weighted by atomic mass is 32.2. The fourth-order valence-corrected chi connectivity index (χ4v) is 1.86. The Morgan fingerprint density at radius 1 is 1.61 bits per heavy atom. The van der Waals surface area contributed by atoms with Crippen molar-refractivity contribution in [1.29, 1.82) is 0 Å². The van der Waals surface area contributed by atoms with E-state index in [1.54, 1.807) is 18.7 Å². The number of carbonyl (C=O) groups excluding carboxylic acids is 1. The van der Waals surface area contributed by atoms with Gasteiger partial charge in [0.25, 0.3) is 0 Å². The Balaban J connectivity index is 2.46. The zero-order valence-electron chi connectivity index (χ0n) is 10.9. The summed E-state index contributed by atoms with van der Waals surface area (Å²) < 4.78 is 5.15. The predicted molar refractivity (Wildman–Crippen MR) is 69.9 cm³/mol. The lowest BCUT2D eigenvalue weighted by Crippen LogP contribution is -2.52. The van der Waals surface area contributed by atoms with Gasteiger partial charge in [0.2, 0.25) is 0 Å². The number of carbonyl (C=O) groups is 2. The van der Waals surface area contributed by atoms with E-state index in [9.17, 15) is 9.59 Å². The third kappa shape index (κ3) is 3.52. The van der Waals surface area contributed by atoms with E-state index in [4.69, 9.17) is 9.84 Å². The minimum Gasteiger partial charge on any atom is -0.481 e. The molecule has 0 aromatic rings. The number of ether oxygens (including phenoxy) is 1. The number of carboxylic acids is 1. The highest BCUT2D eigenvalue weighted by Crippen LogP contribution is 2.28. The number of thioether (sulfide) groups is 1. The van der Waals surface area contributed by atoms with Crippen molar-refractivity contribution < 1.29 is 19.4 Å². The Hall–Kier alpha value is -0.950. The van der Waals surface area contributed by atoms with Gasteiger partial charge in [-0.15, -0.1) is 0 Å². The summed E-state index contributed by atoms with van der Waals surface area (Å²) in [6, 6.07) is -0.849. The van der Waals surface area contributed by atoms with E-state index in [-0.39, 0.29) is 19.2 Å². The molecule has 1 heterocycles. The number of urea groups is 1. The first-order chi connectivity index (χ1) is 8.40. The molecule has 3 atom stereocenters. The lowest BCUT2D eigenvalue weighted by atomic mass is 9.85. The molecule has 18 heavy (non-hydrogen) atoms. The molecule has 0 bridgehead atoms. The first-order valence-corrected chi connectivity index (χ1v) is 7.07. The molecule has 3 N–H and O–H groups in total. The van der Waals surface area contributed by atoms with Crippen LogP contribution in [0.2, 0.25) is 0 Å². The summed E-state index contributed by atoms with van der Waals surface area (Å²) in [4.78, 5) is 22.8. The number of hydrogen-bond acceptors (Lipinski definition) is 4. The maximum Gasteiger partial charge on any atom is 0.315 e. The summed E-state index contributed by atoms with van der Waals surface area (Å²) in [5, 5.41) is 14.9. The molecule has 7 heteroatoms. The zero-order chi connectivity index (χ0) is 13.8. The summed E-state index contributed by atoms with van der Waals surface area (Å²) in [6.07, 6.45) is 1.97. The van der Waals surface area contributed by atoms with Gasteiger partial charge in [0, 0.05) is 11.8 Å². The molecular formula is C11H20N2O4S. The van der Waals surface area contributed by atoms with E-state index in [0.717, 1.165) is 0 Å². The highest BCUT2D eigenvalue weighted by Gasteiger charge is 2.47. The van der Waals surface area contributed by atoms with Gasteiger partial charge in [-0.05, 0) is 13.2 Å². The van der Waals surface area contributed by atoms with Crippen LogP contribution in [0.1, 0.15) is 13.8 Å². The van der Waals surface area contributed by atoms with Crippen LogP contribution in [0.3, 0.4) is 0 Å². The second kappa shape index (κ2) is 6.29. The van der Waals surface area contributed by atoms with Crippen LogP contribution in [0, 0.1) is 5.41 Å². The number of amides is 2. The SMILES string of the molecule is CSC(C)CNC(=O)NC1COCC1(C)C(=O)O. The van der Waals surface area contributed by atoms with Crippen LogP contribution in [0.15, 0.2) is 0 Å². The van der Waals surface area contributed by atoms with Crippen molar-refractivity contribution in [2.24, 2.45) is 5.41 Å². The van der Waals surface area contributed by atoms with Crippen molar-refractivity contribution in [1.82, 2.24) is 10.6 Å². The van der Waals surface area contributed by atoms with Crippen LogP contribution in [-0.4, -0.2) is 54.4 Å². The maximum absolute atomic E-state index is 11.6. The lowest BCUT2D eigenvalue weighted by Gasteiger charge is -2.25. The summed E-state index contributed by atoms with van der Waals surface area (Å²) in [5.41, 5.74) is -1.05. The first-order valence-electron chi connectivity index (χ1n) is 5.78. The van der Waals surface area contributed by atoms with E-state index in [1.165, 1.54) is 0 Å². The van der Waals surface area contributed by atoms with Gasteiger partial charge in [-0.3, -0.25) is 4.79 Å². The lowest BCUT2D eigenvalue weighted by molar-refractivity contribution is -0.148. The zero-order valence-corrected chi connectivity index (χ0v) is 11.7. The van der Waals surface area contributed by atoms with Gasteiger partial charge in [-0.25, -0.2) is 4.79 Å². The van der Waals surface area contributed by atoms with Crippen molar-refractivity contribution in [3.05, 3.63) is 0 Å². The van der Waals surface area contributed by atoms with Crippen molar-refractivity contribution in [3.8, 4) is 0 Å². The molecule has 3 unspecified atom stereocenters. The van der Waals surface area contributed by atoms with E-state index in [0.29, 0.717) is 11.8 Å². The molecule has 0 aromatic carbocycles. The van der Waals surface area contributed by atoms with Crippen LogP contribution in [0.25, 0.3) is 0 Å². The summed E-state index contributed by atoms with van der Waals surface area (Å²) >= 11 is 1.65. The Kier molecular flexibility index (Phi) is 5.28. The maximum atomic E-state index is 11.6. The van der Waals surface area contributed by atoms with E-state index in [2.05, 4.69) is 10.6 Å². The fourth-order valence-electron chi connectivity index (χ4n) is 1.61. The van der Waals surface area contributed by atoms with Crippen molar-refractivity contribution in [3.63, 3.8) is 0 Å². The average Bonchev–Trinajstić information content (AvgIpc) is 2.69. The molecule has 6 nitrogen and oxygen atoms in total. The molecular weight excluding hydrogens is 256 g/mol. The Bertz CT molecular complexity index is 326. The van der Waals surface area contributed by atoms with Gasteiger partial charge in [0.15, 0.2) is 0 Å². The number of nitrogens with one attached hydrogen (secondary N) is 2. The van der Waals surface area contributed by atoms with E-state index in [1.807, 2.05) is 13.2 Å². The van der Waals surface area contributed by atoms with Gasteiger partial charge < -0.3 is 20.5 Å². The summed E-state index contributed by atoms with van der Waals surface area (Å²) in [6.45, 7) is 4.48. The van der Waals surface area contributed by atoms with Gasteiger partial charge in [0.1, 0.15) is 5.41 Å². The van der Waals surface area contributed by atoms with Crippen LogP contribution >= 0.6 is 11.8 Å². The minimum absolute atomic E-state index is 0.120. The second-order valence-electron chi connectivity index (χ2n) is 4.69. The van der Waals surface area contributed by atoms with E-state index >= 15 is 0 Å². The number of rotatable bonds is 5. The largest absolute Gasteiger partial charge is 0.481 e. The smallest absolute Gasteiger partial charge is 0.315 e. The fraction of sp³-hybridized carbons (Fsp3) is 0.818. The molecule has 1 aliphatic heterocycles. The van der Waals surface area contributed by atoms with Crippen molar-refractivity contribution in [2.75, 3.05) is 26.0 Å². The molecule has 0 aliphatic carbocycles. The van der Waals surface area contributed by atoms with Crippen molar-refractivity contribution in [2.45, 2.75) is 25.1 Å². The molecule has 0 saturated carbocycles. The first kappa shape index (κ1) is 15.1. The molecule has 2 amide bonds. The van der Waals surface area contributed by atoms with Crippen LogP contribution in [0.4, 0.5) is 4.79 Å².